The van der Waals surface area contributed by atoms with Gasteiger partial charge in [0.25, 0.3) is 0 Å². The first-order chi connectivity index (χ1) is 12.6. The smallest absolute Gasteiger partial charge is 0.230 e. The Labute approximate surface area is 159 Å². The highest BCUT2D eigenvalue weighted by Crippen LogP contribution is 2.41. The molecule has 1 aliphatic carbocycles. The summed E-state index contributed by atoms with van der Waals surface area (Å²) in [5.41, 5.74) is 4.86. The van der Waals surface area contributed by atoms with Gasteiger partial charge in [-0.25, -0.2) is 0 Å². The summed E-state index contributed by atoms with van der Waals surface area (Å²) in [6, 6.07) is 16.9. The van der Waals surface area contributed by atoms with Crippen LogP contribution in [0.5, 0.6) is 0 Å². The van der Waals surface area contributed by atoms with Crippen molar-refractivity contribution < 1.29 is 4.79 Å². The van der Waals surface area contributed by atoms with E-state index >= 15 is 0 Å². The molecule has 2 aromatic carbocycles. The molecule has 0 aliphatic heterocycles. The van der Waals surface area contributed by atoms with Crippen molar-refractivity contribution in [2.75, 3.05) is 4.90 Å². The van der Waals surface area contributed by atoms with Crippen molar-refractivity contribution in [3.05, 3.63) is 65.2 Å². The van der Waals surface area contributed by atoms with Crippen LogP contribution in [-0.4, -0.2) is 5.91 Å². The van der Waals surface area contributed by atoms with Crippen LogP contribution >= 0.6 is 0 Å². The Kier molecular flexibility index (Phi) is 7.44. The highest BCUT2D eigenvalue weighted by Gasteiger charge is 2.26. The van der Waals surface area contributed by atoms with Gasteiger partial charge >= 0.3 is 0 Å². The van der Waals surface area contributed by atoms with Gasteiger partial charge in [-0.3, -0.25) is 4.79 Å². The summed E-state index contributed by atoms with van der Waals surface area (Å²) in [4.78, 5) is 15.0. The zero-order valence-corrected chi connectivity index (χ0v) is 17.0. The lowest BCUT2D eigenvalue weighted by Gasteiger charge is -2.27. The Morgan fingerprint density at radius 2 is 1.81 bits per heavy atom. The summed E-state index contributed by atoms with van der Waals surface area (Å²) < 4.78 is 0. The van der Waals surface area contributed by atoms with Crippen LogP contribution in [0.2, 0.25) is 0 Å². The van der Waals surface area contributed by atoms with Gasteiger partial charge < -0.3 is 4.90 Å². The molecule has 1 saturated carbocycles. The Bertz CT molecular complexity index is 718. The average molecular weight is 352 g/mol. The average Bonchev–Trinajstić information content (AvgIpc) is 3.53. The van der Waals surface area contributed by atoms with E-state index in [1.807, 2.05) is 31.7 Å². The molecule has 0 radical (unpaired) electrons. The normalized spacial score (nSPS) is 14.2. The van der Waals surface area contributed by atoms with E-state index in [0.717, 1.165) is 12.1 Å². The van der Waals surface area contributed by atoms with Crippen molar-refractivity contribution in [2.45, 2.75) is 66.3 Å². The zero-order chi connectivity index (χ0) is 19.1. The molecule has 26 heavy (non-hydrogen) atoms. The molecule has 2 heteroatoms. The van der Waals surface area contributed by atoms with Crippen LogP contribution < -0.4 is 4.90 Å². The number of carbonyl (C=O) groups is 1. The zero-order valence-electron chi connectivity index (χ0n) is 17.0. The minimum atomic E-state index is 0.0404. The minimum absolute atomic E-state index is 0.0404. The van der Waals surface area contributed by atoms with E-state index in [4.69, 9.17) is 0 Å². The van der Waals surface area contributed by atoms with Gasteiger partial charge in [-0.1, -0.05) is 64.1 Å². The van der Waals surface area contributed by atoms with Crippen LogP contribution in [0.3, 0.4) is 0 Å². The fourth-order valence-electron chi connectivity index (χ4n) is 3.06. The van der Waals surface area contributed by atoms with Gasteiger partial charge in [0.2, 0.25) is 5.91 Å². The number of nitrogens with zero attached hydrogens (tertiary/aromatic N) is 1. The molecule has 140 valence electrons. The quantitative estimate of drug-likeness (QED) is 0.583. The van der Waals surface area contributed by atoms with Crippen molar-refractivity contribution in [1.82, 2.24) is 0 Å². The van der Waals surface area contributed by atoms with Crippen LogP contribution in [-0.2, 0) is 11.3 Å². The third-order valence-electron chi connectivity index (χ3n) is 5.12. The molecule has 2 nitrogen and oxygen atoms in total. The Morgan fingerprint density at radius 1 is 1.12 bits per heavy atom. The lowest BCUT2D eigenvalue weighted by Crippen LogP contribution is -2.34. The lowest BCUT2D eigenvalue weighted by molar-refractivity contribution is -0.122. The summed E-state index contributed by atoms with van der Waals surface area (Å²) in [5, 5.41) is 0. The maximum absolute atomic E-state index is 13.0. The number of anilines is 1. The van der Waals surface area contributed by atoms with Crippen LogP contribution in [0.25, 0.3) is 0 Å². The first-order valence-corrected chi connectivity index (χ1v) is 10.1. The highest BCUT2D eigenvalue weighted by atomic mass is 16.2. The predicted octanol–water partition coefficient (Wildman–Crippen LogP) is 6.48. The predicted molar refractivity (Wildman–Crippen MR) is 112 cm³/mol. The fraction of sp³-hybridized carbons (Fsp3) is 0.458. The van der Waals surface area contributed by atoms with Gasteiger partial charge in [0, 0.05) is 11.6 Å². The molecule has 3 rings (SSSR count). The van der Waals surface area contributed by atoms with Crippen molar-refractivity contribution >= 4 is 11.6 Å². The number of carbonyl (C=O) groups excluding carboxylic acids is 1. The Hall–Kier alpha value is -2.09. The number of benzene rings is 2. The Balaban J connectivity index is 0.00000117. The van der Waals surface area contributed by atoms with E-state index in [9.17, 15) is 4.79 Å². The van der Waals surface area contributed by atoms with Gasteiger partial charge in [0.05, 0.1) is 6.54 Å². The number of hydrogen-bond donors (Lipinski definition) is 0. The first-order valence-electron chi connectivity index (χ1n) is 10.1. The summed E-state index contributed by atoms with van der Waals surface area (Å²) >= 11 is 0. The van der Waals surface area contributed by atoms with Gasteiger partial charge in [0.15, 0.2) is 0 Å². The molecule has 0 heterocycles. The third-order valence-corrected chi connectivity index (χ3v) is 5.12. The van der Waals surface area contributed by atoms with Gasteiger partial charge in [-0.05, 0) is 60.9 Å². The van der Waals surface area contributed by atoms with E-state index in [1.54, 1.807) is 0 Å². The monoisotopic (exact) mass is 351 g/mol. The molecular formula is C24H33NO. The van der Waals surface area contributed by atoms with Crippen molar-refractivity contribution in [2.24, 2.45) is 5.92 Å². The summed E-state index contributed by atoms with van der Waals surface area (Å²) in [5.74, 6) is 0.955. The summed E-state index contributed by atoms with van der Waals surface area (Å²) in [6.45, 7) is 10.9. The van der Waals surface area contributed by atoms with Crippen molar-refractivity contribution in [1.29, 1.82) is 0 Å². The SMILES string of the molecule is CC.CCC(C)C(=O)N(Cc1ccccc1C)c1cccc(C2CC2)c1. The van der Waals surface area contributed by atoms with E-state index in [1.165, 1.54) is 29.5 Å². The number of amides is 1. The molecule has 1 amide bonds. The molecule has 1 atom stereocenters. The van der Waals surface area contributed by atoms with E-state index < -0.39 is 0 Å². The lowest BCUT2D eigenvalue weighted by atomic mass is 10.0. The van der Waals surface area contributed by atoms with Gasteiger partial charge in [0.1, 0.15) is 0 Å². The van der Waals surface area contributed by atoms with E-state index in [0.29, 0.717) is 12.5 Å². The van der Waals surface area contributed by atoms with E-state index in [2.05, 4.69) is 56.3 Å². The second-order valence-electron chi connectivity index (χ2n) is 7.03. The standard InChI is InChI=1S/C22H27NO.C2H6/c1-4-16(2)22(24)23(15-20-9-6-5-8-17(20)3)21-11-7-10-19(14-21)18-12-13-18;1-2/h5-11,14,16,18H,4,12-13,15H2,1-3H3;1-2H3. The molecule has 0 spiro atoms. The van der Waals surface area contributed by atoms with Gasteiger partial charge in [-0.2, -0.15) is 0 Å². The molecule has 0 N–H and O–H groups in total. The van der Waals surface area contributed by atoms with Gasteiger partial charge in [-0.15, -0.1) is 0 Å². The second kappa shape index (κ2) is 9.56. The van der Waals surface area contributed by atoms with Crippen LogP contribution in [0.15, 0.2) is 48.5 Å². The van der Waals surface area contributed by atoms with E-state index in [-0.39, 0.29) is 11.8 Å². The van der Waals surface area contributed by atoms with Crippen molar-refractivity contribution in [3.8, 4) is 0 Å². The molecular weight excluding hydrogens is 318 g/mol. The minimum Gasteiger partial charge on any atom is -0.308 e. The van der Waals surface area contributed by atoms with Crippen LogP contribution in [0.1, 0.15) is 69.6 Å². The highest BCUT2D eigenvalue weighted by molar-refractivity contribution is 5.94. The largest absolute Gasteiger partial charge is 0.308 e. The first kappa shape index (κ1) is 20.2. The molecule has 0 saturated heterocycles. The molecule has 0 aromatic heterocycles. The number of hydrogen-bond acceptors (Lipinski definition) is 1. The second-order valence-corrected chi connectivity index (χ2v) is 7.03. The van der Waals surface area contributed by atoms with Crippen LogP contribution in [0.4, 0.5) is 5.69 Å². The van der Waals surface area contributed by atoms with Crippen molar-refractivity contribution in [3.63, 3.8) is 0 Å². The van der Waals surface area contributed by atoms with Crippen LogP contribution in [0, 0.1) is 12.8 Å². The Morgan fingerprint density at radius 3 is 2.42 bits per heavy atom. The summed E-state index contributed by atoms with van der Waals surface area (Å²) in [6.07, 6.45) is 3.42. The topological polar surface area (TPSA) is 20.3 Å². The molecule has 2 aromatic rings. The molecule has 0 bridgehead atoms. The summed E-state index contributed by atoms with van der Waals surface area (Å²) in [7, 11) is 0. The third kappa shape index (κ3) is 4.97. The number of aryl methyl sites for hydroxylation is 1. The number of rotatable bonds is 6. The molecule has 1 unspecified atom stereocenters. The maximum atomic E-state index is 13.0. The maximum Gasteiger partial charge on any atom is 0.230 e. The molecule has 1 fully saturated rings. The fourth-order valence-corrected chi connectivity index (χ4v) is 3.06. The molecule has 1 aliphatic rings.